The molecule has 0 aromatic carbocycles. The van der Waals surface area contributed by atoms with Gasteiger partial charge >= 0.3 is 11.9 Å². The highest BCUT2D eigenvalue weighted by molar-refractivity contribution is 5.94. The van der Waals surface area contributed by atoms with Crippen LogP contribution in [-0.2, 0) is 23.9 Å². The summed E-state index contributed by atoms with van der Waals surface area (Å²) in [5.41, 5.74) is 0.620. The Hall–Kier alpha value is -1.69. The number of hydrogen-bond donors (Lipinski definition) is 1. The molecule has 0 aromatic heterocycles. The molecule has 0 aliphatic heterocycles. The summed E-state index contributed by atoms with van der Waals surface area (Å²) < 4.78 is 10.8. The molecule has 6 heteroatoms. The molecule has 29 heavy (non-hydrogen) atoms. The minimum Gasteiger partial charge on any atom is -0.462 e. The van der Waals surface area contributed by atoms with E-state index in [1.165, 1.54) is 13.8 Å². The zero-order chi connectivity index (χ0) is 21.1. The van der Waals surface area contributed by atoms with Gasteiger partial charge < -0.3 is 14.6 Å². The highest BCUT2D eigenvalue weighted by Crippen LogP contribution is 2.64. The van der Waals surface area contributed by atoms with E-state index in [1.54, 1.807) is 6.08 Å². The molecule has 0 aromatic rings. The van der Waals surface area contributed by atoms with Gasteiger partial charge in [0.05, 0.1) is 6.10 Å². The summed E-state index contributed by atoms with van der Waals surface area (Å²) in [4.78, 5) is 36.2. The number of ether oxygens (including phenoxy) is 2. The average Bonchev–Trinajstić information content (AvgIpc) is 2.87. The van der Waals surface area contributed by atoms with Gasteiger partial charge in [-0.15, -0.1) is 0 Å². The largest absolute Gasteiger partial charge is 0.462 e. The highest BCUT2D eigenvalue weighted by atomic mass is 16.6. The second kappa shape index (κ2) is 6.93. The normalized spacial score (nSPS) is 46.1. The van der Waals surface area contributed by atoms with Crippen LogP contribution in [0.4, 0.5) is 0 Å². The molecule has 1 N–H and O–H groups in total. The van der Waals surface area contributed by atoms with Crippen molar-refractivity contribution in [2.45, 2.75) is 84.5 Å². The number of fused-ring (bicyclic) bond motifs is 5. The number of rotatable bonds is 2. The summed E-state index contributed by atoms with van der Waals surface area (Å²) in [6, 6.07) is 0. The molecule has 4 rings (SSSR count). The quantitative estimate of drug-likeness (QED) is 0.712. The van der Waals surface area contributed by atoms with Crippen LogP contribution in [0, 0.1) is 28.6 Å². The van der Waals surface area contributed by atoms with E-state index >= 15 is 0 Å². The number of allylic oxidation sites excluding steroid dienone is 1. The monoisotopic (exact) mass is 404 g/mol. The third-order valence-electron chi connectivity index (χ3n) is 8.50. The lowest BCUT2D eigenvalue weighted by molar-refractivity contribution is -0.154. The van der Waals surface area contributed by atoms with Crippen molar-refractivity contribution in [1.82, 2.24) is 0 Å². The summed E-state index contributed by atoms with van der Waals surface area (Å²) in [7, 11) is 0. The fourth-order valence-corrected chi connectivity index (χ4v) is 7.00. The summed E-state index contributed by atoms with van der Waals surface area (Å²) in [5.74, 6) is -0.464. The summed E-state index contributed by atoms with van der Waals surface area (Å²) in [6.45, 7) is 7.10. The van der Waals surface area contributed by atoms with E-state index in [1.807, 2.05) is 0 Å². The second-order valence-corrected chi connectivity index (χ2v) is 10.1. The molecule has 0 spiro atoms. The van der Waals surface area contributed by atoms with Gasteiger partial charge in [-0.1, -0.05) is 19.4 Å². The van der Waals surface area contributed by atoms with Crippen molar-refractivity contribution >= 4 is 17.7 Å². The minimum absolute atomic E-state index is 0.00826. The van der Waals surface area contributed by atoms with Gasteiger partial charge in [-0.3, -0.25) is 14.4 Å². The van der Waals surface area contributed by atoms with Crippen LogP contribution in [0.1, 0.15) is 66.2 Å². The predicted octanol–water partition coefficient (Wildman–Crippen LogP) is 2.96. The Morgan fingerprint density at radius 3 is 2.41 bits per heavy atom. The van der Waals surface area contributed by atoms with Crippen LogP contribution in [0.25, 0.3) is 0 Å². The van der Waals surface area contributed by atoms with Crippen LogP contribution < -0.4 is 0 Å². The van der Waals surface area contributed by atoms with Crippen LogP contribution in [0.5, 0.6) is 0 Å². The van der Waals surface area contributed by atoms with E-state index in [9.17, 15) is 19.5 Å². The van der Waals surface area contributed by atoms with Crippen LogP contribution in [0.3, 0.4) is 0 Å². The van der Waals surface area contributed by atoms with Crippen molar-refractivity contribution in [1.29, 1.82) is 0 Å². The molecule has 0 amide bonds. The lowest BCUT2D eigenvalue weighted by Crippen LogP contribution is -2.54. The van der Waals surface area contributed by atoms with Crippen molar-refractivity contribution < 1.29 is 29.0 Å². The smallest absolute Gasteiger partial charge is 0.302 e. The lowest BCUT2D eigenvalue weighted by Gasteiger charge is -2.56. The molecule has 6 nitrogen and oxygen atoms in total. The van der Waals surface area contributed by atoms with Crippen molar-refractivity contribution in [3.63, 3.8) is 0 Å². The molecule has 0 heterocycles. The van der Waals surface area contributed by atoms with E-state index in [0.717, 1.165) is 31.3 Å². The maximum Gasteiger partial charge on any atom is 0.302 e. The summed E-state index contributed by atoms with van der Waals surface area (Å²) >= 11 is 0. The Bertz CT molecular complexity index is 771. The van der Waals surface area contributed by atoms with E-state index in [4.69, 9.17) is 9.47 Å². The Morgan fingerprint density at radius 1 is 1.07 bits per heavy atom. The first-order valence-electron chi connectivity index (χ1n) is 10.8. The van der Waals surface area contributed by atoms with Crippen LogP contribution >= 0.6 is 0 Å². The van der Waals surface area contributed by atoms with Gasteiger partial charge in [-0.05, 0) is 55.4 Å². The Labute approximate surface area is 172 Å². The predicted molar refractivity (Wildman–Crippen MR) is 105 cm³/mol. The molecule has 8 atom stereocenters. The minimum atomic E-state index is -0.733. The molecule has 0 saturated heterocycles. The maximum absolute atomic E-state index is 13.3. The third kappa shape index (κ3) is 3.15. The first-order chi connectivity index (χ1) is 13.6. The van der Waals surface area contributed by atoms with Crippen molar-refractivity contribution in [3.8, 4) is 0 Å². The molecule has 3 fully saturated rings. The fourth-order valence-electron chi connectivity index (χ4n) is 7.00. The maximum atomic E-state index is 13.3. The summed E-state index contributed by atoms with van der Waals surface area (Å²) in [5, 5.41) is 10.9. The van der Waals surface area contributed by atoms with Gasteiger partial charge in [0.2, 0.25) is 0 Å². The van der Waals surface area contributed by atoms with Crippen LogP contribution in [0.15, 0.2) is 11.6 Å². The Morgan fingerprint density at radius 2 is 1.76 bits per heavy atom. The number of aliphatic hydroxyl groups excluding tert-OH is 1. The number of carbonyl (C=O) groups is 3. The zero-order valence-corrected chi connectivity index (χ0v) is 17.8. The molecule has 4 aliphatic rings. The van der Waals surface area contributed by atoms with Gasteiger partial charge in [-0.25, -0.2) is 0 Å². The Balaban J connectivity index is 1.64. The van der Waals surface area contributed by atoms with Gasteiger partial charge in [0.15, 0.2) is 5.78 Å². The molecule has 0 bridgehead atoms. The summed E-state index contributed by atoms with van der Waals surface area (Å²) in [6.07, 6.45) is 4.96. The molecular formula is C23H32O6. The topological polar surface area (TPSA) is 89.9 Å². The van der Waals surface area contributed by atoms with Crippen molar-refractivity contribution in [2.24, 2.45) is 28.6 Å². The van der Waals surface area contributed by atoms with Gasteiger partial charge in [0.1, 0.15) is 12.2 Å². The fraction of sp³-hybridized carbons (Fsp3) is 0.783. The van der Waals surface area contributed by atoms with E-state index in [0.29, 0.717) is 12.8 Å². The number of ketones is 1. The molecule has 6 unspecified atom stereocenters. The van der Waals surface area contributed by atoms with E-state index in [2.05, 4.69) is 13.8 Å². The molecule has 3 saturated carbocycles. The van der Waals surface area contributed by atoms with Crippen molar-refractivity contribution in [3.05, 3.63) is 11.6 Å². The zero-order valence-electron chi connectivity index (χ0n) is 17.8. The van der Waals surface area contributed by atoms with E-state index in [-0.39, 0.29) is 47.0 Å². The van der Waals surface area contributed by atoms with Gasteiger partial charge in [0.25, 0.3) is 0 Å². The second-order valence-electron chi connectivity index (χ2n) is 10.1. The average molecular weight is 405 g/mol. The Kier molecular flexibility index (Phi) is 4.92. The van der Waals surface area contributed by atoms with Crippen LogP contribution in [-0.4, -0.2) is 41.1 Å². The van der Waals surface area contributed by atoms with Gasteiger partial charge in [0, 0.05) is 31.6 Å². The number of carbonyl (C=O) groups excluding carboxylic acids is 3. The standard InChI is InChI=1S/C23H32O6/c1-12(24)28-15-5-7-22(3)14(9-15)10-18(26)20-16(22)6-8-23(4)17(20)11-19(21(23)27)29-13(2)25/h10,15-17,19-21,27H,5-9,11H2,1-4H3/t15-,16?,17?,19+,20?,21?,22?,23?/m0/s1. The third-order valence-corrected chi connectivity index (χ3v) is 8.50. The SMILES string of the molecule is CC(=O)O[C@H]1CCC2(C)C(=CC(=O)C3C2CCC2(C)C3C[C@@H](OC(C)=O)C2O)C1. The van der Waals surface area contributed by atoms with E-state index < -0.39 is 17.6 Å². The molecule has 0 radical (unpaired) electrons. The molecule has 4 aliphatic carbocycles. The number of hydrogen-bond acceptors (Lipinski definition) is 6. The lowest BCUT2D eigenvalue weighted by atomic mass is 9.47. The first-order valence-corrected chi connectivity index (χ1v) is 10.8. The van der Waals surface area contributed by atoms with Crippen molar-refractivity contribution in [2.75, 3.05) is 0 Å². The first kappa shape index (κ1) is 20.6. The number of esters is 2. The molecular weight excluding hydrogens is 372 g/mol. The number of aliphatic hydroxyl groups is 1. The van der Waals surface area contributed by atoms with Gasteiger partial charge in [-0.2, -0.15) is 0 Å². The van der Waals surface area contributed by atoms with Crippen LogP contribution in [0.2, 0.25) is 0 Å². The molecule has 160 valence electrons. The highest BCUT2D eigenvalue weighted by Gasteiger charge is 2.63.